The first-order valence-electron chi connectivity index (χ1n) is 8.19. The van der Waals surface area contributed by atoms with E-state index in [1.165, 1.54) is 6.07 Å². The Morgan fingerprint density at radius 1 is 1.08 bits per heavy atom. The molecule has 0 spiro atoms. The predicted molar refractivity (Wildman–Crippen MR) is 83.2 cm³/mol. The van der Waals surface area contributed by atoms with E-state index < -0.39 is 41.1 Å². The van der Waals surface area contributed by atoms with Crippen molar-refractivity contribution >= 4 is 0 Å². The van der Waals surface area contributed by atoms with Gasteiger partial charge in [-0.2, -0.15) is 5.26 Å². The minimum absolute atomic E-state index is 0.0402. The van der Waals surface area contributed by atoms with E-state index in [0.29, 0.717) is 13.0 Å². The van der Waals surface area contributed by atoms with Crippen molar-refractivity contribution in [2.75, 3.05) is 6.61 Å². The molecular weight excluding hydrogens is 319 g/mol. The van der Waals surface area contributed by atoms with Crippen molar-refractivity contribution in [2.24, 2.45) is 0 Å². The van der Waals surface area contributed by atoms with Gasteiger partial charge in [-0.3, -0.25) is 0 Å². The van der Waals surface area contributed by atoms with Crippen LogP contribution in [0.25, 0.3) is 0 Å². The summed E-state index contributed by atoms with van der Waals surface area (Å²) in [6.07, 6.45) is -0.402. The number of halogens is 3. The first-order valence-corrected chi connectivity index (χ1v) is 8.19. The second kappa shape index (κ2) is 7.54. The lowest BCUT2D eigenvalue weighted by molar-refractivity contribution is -0.00531. The third-order valence-electron chi connectivity index (χ3n) is 4.46. The van der Waals surface area contributed by atoms with Gasteiger partial charge in [-0.1, -0.05) is 13.3 Å². The molecule has 1 saturated heterocycles. The number of ether oxygens (including phenoxy) is 2. The molecule has 4 unspecified atom stereocenters. The third-order valence-corrected chi connectivity index (χ3v) is 4.46. The van der Waals surface area contributed by atoms with Crippen molar-refractivity contribution in [3.8, 4) is 6.07 Å². The maximum Gasteiger partial charge on any atom is 0.179 e. The zero-order valence-electron chi connectivity index (χ0n) is 14.3. The molecule has 1 heterocycles. The fourth-order valence-electron chi connectivity index (χ4n) is 3.40. The van der Waals surface area contributed by atoms with Crippen LogP contribution in [0.5, 0.6) is 0 Å². The molecule has 24 heavy (non-hydrogen) atoms. The van der Waals surface area contributed by atoms with Crippen molar-refractivity contribution in [3.05, 3.63) is 34.1 Å². The zero-order valence-corrected chi connectivity index (χ0v) is 14.3. The third kappa shape index (κ3) is 3.28. The second-order valence-electron chi connectivity index (χ2n) is 6.29. The van der Waals surface area contributed by atoms with Crippen LogP contribution in [-0.4, -0.2) is 24.9 Å². The maximum atomic E-state index is 14.8. The van der Waals surface area contributed by atoms with E-state index in [4.69, 9.17) is 14.7 Å². The summed E-state index contributed by atoms with van der Waals surface area (Å²) in [6.45, 7) is 7.45. The Morgan fingerprint density at radius 2 is 1.75 bits per heavy atom. The lowest BCUT2D eigenvalue weighted by atomic mass is 9.83. The number of benzene rings is 1. The van der Waals surface area contributed by atoms with E-state index in [1.54, 1.807) is 13.8 Å². The van der Waals surface area contributed by atoms with Crippen LogP contribution in [0.4, 0.5) is 13.2 Å². The number of nitrogens with zero attached hydrogens (tertiary/aromatic N) is 1. The second-order valence-corrected chi connectivity index (χ2v) is 6.29. The fourth-order valence-corrected chi connectivity index (χ4v) is 3.40. The van der Waals surface area contributed by atoms with Crippen LogP contribution < -0.4 is 0 Å². The number of hydrogen-bond acceptors (Lipinski definition) is 3. The summed E-state index contributed by atoms with van der Waals surface area (Å²) in [5.41, 5.74) is -0.901. The van der Waals surface area contributed by atoms with E-state index in [2.05, 4.69) is 0 Å². The van der Waals surface area contributed by atoms with Gasteiger partial charge in [-0.15, -0.1) is 0 Å². The van der Waals surface area contributed by atoms with Crippen LogP contribution in [0, 0.1) is 28.8 Å². The van der Waals surface area contributed by atoms with Crippen LogP contribution in [0.3, 0.4) is 0 Å². The van der Waals surface area contributed by atoms with Crippen LogP contribution in [0.1, 0.15) is 56.7 Å². The molecule has 1 aliphatic heterocycles. The summed E-state index contributed by atoms with van der Waals surface area (Å²) in [4.78, 5) is 0. The highest BCUT2D eigenvalue weighted by molar-refractivity contribution is 5.45. The van der Waals surface area contributed by atoms with Crippen LogP contribution >= 0.6 is 0 Å². The van der Waals surface area contributed by atoms with Gasteiger partial charge in [0.2, 0.25) is 0 Å². The minimum atomic E-state index is -1.44. The number of hydrogen-bond donors (Lipinski definition) is 0. The van der Waals surface area contributed by atoms with Gasteiger partial charge in [0.25, 0.3) is 0 Å². The molecular formula is C18H22F3NO2. The molecule has 0 aromatic heterocycles. The molecule has 4 atom stereocenters. The quantitative estimate of drug-likeness (QED) is 0.773. The molecule has 0 bridgehead atoms. The van der Waals surface area contributed by atoms with Crippen LogP contribution in [-0.2, 0) is 15.9 Å². The molecule has 1 aliphatic rings. The summed E-state index contributed by atoms with van der Waals surface area (Å²) in [6, 6.07) is 1.42. The molecule has 6 heteroatoms. The van der Waals surface area contributed by atoms with Gasteiger partial charge < -0.3 is 9.47 Å². The van der Waals surface area contributed by atoms with E-state index in [0.717, 1.165) is 0 Å². The molecule has 0 radical (unpaired) electrons. The molecule has 0 saturated carbocycles. The first kappa shape index (κ1) is 18.8. The topological polar surface area (TPSA) is 42.2 Å². The van der Waals surface area contributed by atoms with E-state index in [-0.39, 0.29) is 23.7 Å². The van der Waals surface area contributed by atoms with E-state index >= 15 is 0 Å². The molecule has 2 rings (SSSR count). The zero-order chi connectivity index (χ0) is 18.0. The van der Waals surface area contributed by atoms with Gasteiger partial charge >= 0.3 is 0 Å². The molecule has 0 amide bonds. The lowest BCUT2D eigenvalue weighted by Gasteiger charge is -2.29. The average molecular weight is 341 g/mol. The van der Waals surface area contributed by atoms with E-state index in [9.17, 15) is 13.2 Å². The Kier molecular flexibility index (Phi) is 5.89. The van der Waals surface area contributed by atoms with Crippen molar-refractivity contribution < 1.29 is 22.6 Å². The Balaban J connectivity index is 2.69. The smallest absolute Gasteiger partial charge is 0.179 e. The molecule has 1 fully saturated rings. The largest absolute Gasteiger partial charge is 0.375 e. The molecule has 1 aromatic rings. The number of nitriles is 1. The number of rotatable bonds is 3. The highest BCUT2D eigenvalue weighted by atomic mass is 19.2. The van der Waals surface area contributed by atoms with Crippen molar-refractivity contribution in [2.45, 2.75) is 64.8 Å². The van der Waals surface area contributed by atoms with Crippen molar-refractivity contribution in [3.63, 3.8) is 0 Å². The van der Waals surface area contributed by atoms with Gasteiger partial charge in [0, 0.05) is 11.5 Å². The van der Waals surface area contributed by atoms with Gasteiger partial charge in [-0.05, 0) is 32.8 Å². The highest BCUT2D eigenvalue weighted by Crippen LogP contribution is 2.38. The lowest BCUT2D eigenvalue weighted by Crippen LogP contribution is -2.30. The average Bonchev–Trinajstić information content (AvgIpc) is 2.65. The summed E-state index contributed by atoms with van der Waals surface area (Å²) in [7, 11) is 0. The minimum Gasteiger partial charge on any atom is -0.375 e. The van der Waals surface area contributed by atoms with Crippen LogP contribution in [0.15, 0.2) is 0 Å². The molecule has 0 N–H and O–H groups in total. The monoisotopic (exact) mass is 341 g/mol. The summed E-state index contributed by atoms with van der Waals surface area (Å²) in [5, 5.41) is 8.96. The SMILES string of the molecule is CCCc1c(F)c(C#N)c(F)c(F)c1C1C(C)OCC(C)OC1C. The van der Waals surface area contributed by atoms with Crippen LogP contribution in [0.2, 0.25) is 0 Å². The van der Waals surface area contributed by atoms with Crippen molar-refractivity contribution in [1.29, 1.82) is 5.26 Å². The normalized spacial score (nSPS) is 27.6. The Morgan fingerprint density at radius 3 is 2.33 bits per heavy atom. The predicted octanol–water partition coefficient (Wildman–Crippen LogP) is 4.22. The summed E-state index contributed by atoms with van der Waals surface area (Å²) in [5.74, 6) is -4.26. The van der Waals surface area contributed by atoms with Gasteiger partial charge in [0.1, 0.15) is 17.4 Å². The Hall–Kier alpha value is -1.58. The van der Waals surface area contributed by atoms with Gasteiger partial charge in [-0.25, -0.2) is 13.2 Å². The fraction of sp³-hybridized carbons (Fsp3) is 0.611. The standard InChI is InChI=1S/C18H22F3NO2/c1-5-6-12-15(18(21)17(20)13(7-22)16(12)19)14-10(3)23-8-9(2)24-11(14)4/h9-11,14H,5-6,8H2,1-4H3. The van der Waals surface area contributed by atoms with Gasteiger partial charge in [0.05, 0.1) is 24.9 Å². The molecule has 132 valence electrons. The highest BCUT2D eigenvalue weighted by Gasteiger charge is 2.38. The van der Waals surface area contributed by atoms with Gasteiger partial charge in [0.15, 0.2) is 11.6 Å². The summed E-state index contributed by atoms with van der Waals surface area (Å²) >= 11 is 0. The van der Waals surface area contributed by atoms with Crippen molar-refractivity contribution in [1.82, 2.24) is 0 Å². The van der Waals surface area contributed by atoms with E-state index in [1.807, 2.05) is 13.8 Å². The molecule has 3 nitrogen and oxygen atoms in total. The Bertz CT molecular complexity index is 657. The maximum absolute atomic E-state index is 14.8. The summed E-state index contributed by atoms with van der Waals surface area (Å²) < 4.78 is 55.1. The molecule has 0 aliphatic carbocycles. The Labute approximate surface area is 140 Å². The molecule has 1 aromatic carbocycles. The first-order chi connectivity index (χ1) is 11.3.